The van der Waals surface area contributed by atoms with Crippen LogP contribution in [0.3, 0.4) is 0 Å². The molecule has 0 aromatic rings. The van der Waals surface area contributed by atoms with Crippen molar-refractivity contribution < 1.29 is 33.3 Å². The second kappa shape index (κ2) is 12.0. The molecule has 0 fully saturated rings. The third-order valence-electron chi connectivity index (χ3n) is 2.88. The van der Waals surface area contributed by atoms with Crippen LogP contribution in [-0.2, 0) is 33.3 Å². The summed E-state index contributed by atoms with van der Waals surface area (Å²) in [6, 6.07) is 0. The lowest BCUT2D eigenvalue weighted by Gasteiger charge is -2.23. The highest BCUT2D eigenvalue weighted by molar-refractivity contribution is 5.87. The molecule has 22 heavy (non-hydrogen) atoms. The lowest BCUT2D eigenvalue weighted by molar-refractivity contribution is -0.172. The molecule has 0 amide bonds. The molecule has 0 spiro atoms. The number of methoxy groups -OCH3 is 1. The Balaban J connectivity index is 5.04. The van der Waals surface area contributed by atoms with E-state index in [1.807, 2.05) is 6.92 Å². The number of carbonyl (C=O) groups is 3. The zero-order chi connectivity index (χ0) is 17.0. The highest BCUT2D eigenvalue weighted by atomic mass is 16.6. The summed E-state index contributed by atoms with van der Waals surface area (Å²) >= 11 is 0. The standard InChI is InChI=1S/C15H26O7/c1-5-8-9-22-14(17)11(10-12(16)20-6-2)13(21-7-3)15(18)19-4/h11,13H,5-10H2,1-4H3. The number of hydrogen-bond donors (Lipinski definition) is 0. The maximum atomic E-state index is 12.2. The van der Waals surface area contributed by atoms with Gasteiger partial charge in [0.25, 0.3) is 0 Å². The predicted molar refractivity (Wildman–Crippen MR) is 78.0 cm³/mol. The van der Waals surface area contributed by atoms with Gasteiger partial charge in [-0.15, -0.1) is 0 Å². The fraction of sp³-hybridized carbons (Fsp3) is 0.800. The first kappa shape index (κ1) is 20.4. The maximum Gasteiger partial charge on any atom is 0.335 e. The van der Waals surface area contributed by atoms with Gasteiger partial charge < -0.3 is 18.9 Å². The van der Waals surface area contributed by atoms with Crippen LogP contribution in [0.15, 0.2) is 0 Å². The zero-order valence-corrected chi connectivity index (χ0v) is 13.8. The lowest BCUT2D eigenvalue weighted by Crippen LogP contribution is -2.40. The molecule has 0 N–H and O–H groups in total. The van der Waals surface area contributed by atoms with E-state index in [0.29, 0.717) is 6.42 Å². The Hall–Kier alpha value is -1.63. The summed E-state index contributed by atoms with van der Waals surface area (Å²) in [5.41, 5.74) is 0. The quantitative estimate of drug-likeness (QED) is 0.324. The van der Waals surface area contributed by atoms with Crippen LogP contribution < -0.4 is 0 Å². The van der Waals surface area contributed by atoms with Gasteiger partial charge in [-0.3, -0.25) is 9.59 Å². The highest BCUT2D eigenvalue weighted by Crippen LogP contribution is 2.18. The molecule has 0 saturated heterocycles. The molecule has 0 saturated carbocycles. The van der Waals surface area contributed by atoms with E-state index in [1.54, 1.807) is 13.8 Å². The van der Waals surface area contributed by atoms with E-state index in [2.05, 4.69) is 4.74 Å². The number of hydrogen-bond acceptors (Lipinski definition) is 7. The Kier molecular flexibility index (Phi) is 11.1. The number of ether oxygens (including phenoxy) is 4. The molecule has 2 atom stereocenters. The number of carbonyl (C=O) groups excluding carboxylic acids is 3. The molecule has 2 unspecified atom stereocenters. The van der Waals surface area contributed by atoms with Crippen LogP contribution in [0.2, 0.25) is 0 Å². The van der Waals surface area contributed by atoms with E-state index in [0.717, 1.165) is 6.42 Å². The molecular weight excluding hydrogens is 292 g/mol. The first-order valence-electron chi connectivity index (χ1n) is 7.53. The summed E-state index contributed by atoms with van der Waals surface area (Å²) in [6.45, 7) is 5.91. The van der Waals surface area contributed by atoms with Gasteiger partial charge in [-0.2, -0.15) is 0 Å². The van der Waals surface area contributed by atoms with E-state index in [9.17, 15) is 14.4 Å². The third kappa shape index (κ3) is 7.40. The average Bonchev–Trinajstić information content (AvgIpc) is 2.50. The van der Waals surface area contributed by atoms with Gasteiger partial charge in [-0.1, -0.05) is 13.3 Å². The van der Waals surface area contributed by atoms with E-state index in [4.69, 9.17) is 14.2 Å². The molecule has 0 aromatic heterocycles. The summed E-state index contributed by atoms with van der Waals surface area (Å²) in [7, 11) is 1.19. The average molecular weight is 318 g/mol. The topological polar surface area (TPSA) is 88.1 Å². The Bertz CT molecular complexity index is 354. The third-order valence-corrected chi connectivity index (χ3v) is 2.88. The SMILES string of the molecule is CCCCOC(=O)C(CC(=O)OCC)C(OCC)C(=O)OC. The molecule has 128 valence electrons. The van der Waals surface area contributed by atoms with Crippen LogP contribution in [0, 0.1) is 5.92 Å². The van der Waals surface area contributed by atoms with Gasteiger partial charge in [0.15, 0.2) is 6.10 Å². The molecule has 0 aliphatic rings. The molecule has 7 heteroatoms. The summed E-state index contributed by atoms with van der Waals surface area (Å²) in [5, 5.41) is 0. The number of unbranched alkanes of at least 4 members (excludes halogenated alkanes) is 1. The van der Waals surface area contributed by atoms with Crippen LogP contribution in [0.4, 0.5) is 0 Å². The van der Waals surface area contributed by atoms with Crippen molar-refractivity contribution in [1.82, 2.24) is 0 Å². The van der Waals surface area contributed by atoms with Crippen molar-refractivity contribution in [2.24, 2.45) is 5.92 Å². The second-order valence-corrected chi connectivity index (χ2v) is 4.54. The maximum absolute atomic E-state index is 12.2. The fourth-order valence-corrected chi connectivity index (χ4v) is 1.78. The molecule has 0 bridgehead atoms. The van der Waals surface area contributed by atoms with E-state index in [-0.39, 0.29) is 26.2 Å². The fourth-order valence-electron chi connectivity index (χ4n) is 1.78. The number of esters is 3. The highest BCUT2D eigenvalue weighted by Gasteiger charge is 2.38. The minimum atomic E-state index is -1.19. The summed E-state index contributed by atoms with van der Waals surface area (Å²) in [6.07, 6.45) is 0.0869. The summed E-state index contributed by atoms with van der Waals surface area (Å²) in [5.74, 6) is -3.05. The zero-order valence-electron chi connectivity index (χ0n) is 13.8. The van der Waals surface area contributed by atoms with E-state index in [1.165, 1.54) is 7.11 Å². The van der Waals surface area contributed by atoms with Crippen molar-refractivity contribution in [3.8, 4) is 0 Å². The van der Waals surface area contributed by atoms with Gasteiger partial charge in [-0.25, -0.2) is 4.79 Å². The van der Waals surface area contributed by atoms with Crippen LogP contribution in [0.5, 0.6) is 0 Å². The predicted octanol–water partition coefficient (Wildman–Crippen LogP) is 1.48. The first-order chi connectivity index (χ1) is 10.5. The molecule has 0 aromatic carbocycles. The molecule has 0 aliphatic heterocycles. The minimum Gasteiger partial charge on any atom is -0.467 e. The Morgan fingerprint density at radius 2 is 1.64 bits per heavy atom. The largest absolute Gasteiger partial charge is 0.467 e. The second-order valence-electron chi connectivity index (χ2n) is 4.54. The Morgan fingerprint density at radius 3 is 2.14 bits per heavy atom. The molecule has 7 nitrogen and oxygen atoms in total. The van der Waals surface area contributed by atoms with E-state index >= 15 is 0 Å². The Morgan fingerprint density at radius 1 is 0.955 bits per heavy atom. The molecule has 0 radical (unpaired) electrons. The van der Waals surface area contributed by atoms with Crippen molar-refractivity contribution >= 4 is 17.9 Å². The van der Waals surface area contributed by atoms with Crippen LogP contribution in [0.25, 0.3) is 0 Å². The van der Waals surface area contributed by atoms with Crippen molar-refractivity contribution in [3.05, 3.63) is 0 Å². The number of rotatable bonds is 11. The van der Waals surface area contributed by atoms with Crippen LogP contribution in [-0.4, -0.2) is 50.9 Å². The van der Waals surface area contributed by atoms with Gasteiger partial charge in [0.05, 0.1) is 26.7 Å². The van der Waals surface area contributed by atoms with Crippen molar-refractivity contribution in [3.63, 3.8) is 0 Å². The summed E-state index contributed by atoms with van der Waals surface area (Å²) in [4.78, 5) is 35.7. The van der Waals surface area contributed by atoms with Crippen molar-refractivity contribution in [2.75, 3.05) is 26.9 Å². The van der Waals surface area contributed by atoms with Gasteiger partial charge in [0.2, 0.25) is 0 Å². The van der Waals surface area contributed by atoms with Crippen LogP contribution >= 0.6 is 0 Å². The normalized spacial score (nSPS) is 13.1. The molecule has 0 aliphatic carbocycles. The van der Waals surface area contributed by atoms with Crippen molar-refractivity contribution in [1.29, 1.82) is 0 Å². The van der Waals surface area contributed by atoms with Gasteiger partial charge in [0, 0.05) is 6.61 Å². The lowest BCUT2D eigenvalue weighted by atomic mass is 9.98. The Labute approximate surface area is 131 Å². The molecule has 0 rings (SSSR count). The first-order valence-corrected chi connectivity index (χ1v) is 7.53. The smallest absolute Gasteiger partial charge is 0.335 e. The summed E-state index contributed by atoms with van der Waals surface area (Å²) < 4.78 is 19.9. The van der Waals surface area contributed by atoms with E-state index < -0.39 is 29.9 Å². The van der Waals surface area contributed by atoms with Crippen LogP contribution in [0.1, 0.15) is 40.0 Å². The monoisotopic (exact) mass is 318 g/mol. The van der Waals surface area contributed by atoms with Gasteiger partial charge >= 0.3 is 17.9 Å². The molecular formula is C15H26O7. The van der Waals surface area contributed by atoms with Crippen molar-refractivity contribution in [2.45, 2.75) is 46.1 Å². The van der Waals surface area contributed by atoms with Gasteiger partial charge in [-0.05, 0) is 20.3 Å². The minimum absolute atomic E-state index is 0.188. The molecule has 0 heterocycles. The van der Waals surface area contributed by atoms with Gasteiger partial charge in [0.1, 0.15) is 5.92 Å².